The Hall–Kier alpha value is 0.950. The van der Waals surface area contributed by atoms with E-state index in [2.05, 4.69) is 6.26 Å². The van der Waals surface area contributed by atoms with Gasteiger partial charge in [-0.15, -0.1) is 0 Å². The van der Waals surface area contributed by atoms with E-state index in [9.17, 15) is 0 Å². The van der Waals surface area contributed by atoms with Crippen LogP contribution in [0, 0.1) is 6.26 Å². The van der Waals surface area contributed by atoms with Crippen molar-refractivity contribution in [2.45, 2.75) is 0 Å². The third kappa shape index (κ3) is 47.7. The molecule has 2 nitrogen and oxygen atoms in total. The fourth-order valence-corrected chi connectivity index (χ4v) is 0. The predicted octanol–water partition coefficient (Wildman–Crippen LogP) is -1.26. The van der Waals surface area contributed by atoms with E-state index < -0.39 is 10.7 Å². The van der Waals surface area contributed by atoms with Crippen LogP contribution in [0.5, 0.6) is 0 Å². The molecule has 0 saturated carbocycles. The molecule has 0 rings (SSSR count). The number of hydrogen-bond acceptors (Lipinski definition) is 2. The molecule has 0 aromatic rings. The molecule has 0 aromatic carbocycles. The molecule has 0 heterocycles. The van der Waals surface area contributed by atoms with Crippen molar-refractivity contribution in [3.63, 3.8) is 0 Å². The van der Waals surface area contributed by atoms with Crippen molar-refractivity contribution in [1.82, 2.24) is 0 Å². The Balaban J connectivity index is 0. The Morgan fingerprint density at radius 2 is 1.40 bits per heavy atom. The summed E-state index contributed by atoms with van der Waals surface area (Å²) in [7, 11) is -2.37. The van der Waals surface area contributed by atoms with Crippen molar-refractivity contribution < 1.29 is 8.42 Å². The molecule has 0 atom stereocenters. The van der Waals surface area contributed by atoms with Gasteiger partial charge in [0.25, 0.3) is 0 Å². The van der Waals surface area contributed by atoms with Gasteiger partial charge in [0.1, 0.15) is 10.7 Å². The summed E-state index contributed by atoms with van der Waals surface area (Å²) in [4.78, 5) is 0. The van der Waals surface area contributed by atoms with Crippen LogP contribution in [-0.2, 0) is 10.7 Å². The van der Waals surface area contributed by atoms with Crippen LogP contribution in [-0.4, -0.2) is 38.0 Å². The fraction of sp³-hybridized carbons (Fsp3) is 0. The number of hydrogen-bond donors (Lipinski definition) is 1. The Morgan fingerprint density at radius 3 is 1.40 bits per heavy atom. The molecule has 0 aliphatic rings. The van der Waals surface area contributed by atoms with Crippen molar-refractivity contribution in [3.8, 4) is 0 Å². The van der Waals surface area contributed by atoms with Gasteiger partial charge in [0.15, 0.2) is 0 Å². The van der Waals surface area contributed by atoms with Crippen LogP contribution in [0.3, 0.4) is 0 Å². The van der Waals surface area contributed by atoms with Gasteiger partial charge in [-0.3, -0.25) is 0 Å². The zero-order chi connectivity index (χ0) is 3.58. The molecule has 0 amide bonds. The first kappa shape index (κ1) is 9.34. The van der Waals surface area contributed by atoms with Gasteiger partial charge in [0.2, 0.25) is 0 Å². The minimum absolute atomic E-state index is 0. The van der Waals surface area contributed by atoms with Crippen molar-refractivity contribution in [2.24, 2.45) is 0 Å². The van der Waals surface area contributed by atoms with Gasteiger partial charge < -0.3 is 0 Å². The molecule has 4 heteroatoms. The van der Waals surface area contributed by atoms with Crippen LogP contribution in [0.25, 0.3) is 0 Å². The first-order chi connectivity index (χ1) is 1.73. The summed E-state index contributed by atoms with van der Waals surface area (Å²) in [5, 5.41) is 0. The second-order valence-corrected chi connectivity index (χ2v) is 0.998. The van der Waals surface area contributed by atoms with E-state index in [0.717, 1.165) is 0 Å². The molecule has 1 radical (unpaired) electrons. The minimum atomic E-state index is -2.37. The third-order valence-corrected chi connectivity index (χ3v) is 0. The molecule has 27 valence electrons. The summed E-state index contributed by atoms with van der Waals surface area (Å²) in [5.74, 6) is 0. The van der Waals surface area contributed by atoms with Gasteiger partial charge in [0.05, 0.1) is 6.26 Å². The zero-order valence-electron chi connectivity index (χ0n) is 1.97. The van der Waals surface area contributed by atoms with Crippen LogP contribution in [0.4, 0.5) is 0 Å². The van der Waals surface area contributed by atoms with Crippen molar-refractivity contribution in [1.29, 1.82) is 0 Å². The molecule has 0 fully saturated rings. The molecule has 0 aliphatic heterocycles. The normalized spacial score (nSPS) is 6.80. The molecule has 5 heavy (non-hydrogen) atoms. The molecular weight excluding hydrogens is 99.1 g/mol. The van der Waals surface area contributed by atoms with Gasteiger partial charge in [-0.1, -0.05) is 0 Å². The van der Waals surface area contributed by atoms with E-state index in [-0.39, 0.29) is 29.6 Å². The Morgan fingerprint density at radius 1 is 1.40 bits per heavy atom. The molecule has 0 N–H and O–H groups in total. The molecule has 0 aromatic heterocycles. The van der Waals surface area contributed by atoms with Gasteiger partial charge in [-0.25, -0.2) is 8.42 Å². The van der Waals surface area contributed by atoms with Crippen LogP contribution < -0.4 is 0 Å². The monoisotopic (exact) mass is 103 g/mol. The van der Waals surface area contributed by atoms with Gasteiger partial charge in [-0.05, 0) is 0 Å². The second kappa shape index (κ2) is 4.95. The molecule has 0 saturated heterocycles. The van der Waals surface area contributed by atoms with Crippen LogP contribution in [0.1, 0.15) is 0 Å². The van der Waals surface area contributed by atoms with E-state index in [0.29, 0.717) is 0 Å². The standard InChI is InChI=1S/CH3O2S.Na.H/c1-4(2)3;;/h4H,1H2;;. The maximum absolute atomic E-state index is 8.93. The molecule has 0 spiro atoms. The topological polar surface area (TPSA) is 34.1 Å². The molecular formula is CH4NaO2S. The summed E-state index contributed by atoms with van der Waals surface area (Å²) in [6.45, 7) is 0. The fourth-order valence-electron chi connectivity index (χ4n) is 0. The Kier molecular flexibility index (Phi) is 9.25. The summed E-state index contributed by atoms with van der Waals surface area (Å²) in [6.07, 6.45) is 2.59. The Bertz CT molecular complexity index is 58.0. The molecule has 0 aliphatic carbocycles. The van der Waals surface area contributed by atoms with Crippen LogP contribution in [0.2, 0.25) is 0 Å². The van der Waals surface area contributed by atoms with Crippen molar-refractivity contribution in [2.75, 3.05) is 0 Å². The van der Waals surface area contributed by atoms with E-state index in [4.69, 9.17) is 8.42 Å². The van der Waals surface area contributed by atoms with E-state index in [1.54, 1.807) is 0 Å². The summed E-state index contributed by atoms with van der Waals surface area (Å²) in [5.41, 5.74) is 0. The SMILES string of the molecule is [CH2][SH](=O)=O.[NaH]. The van der Waals surface area contributed by atoms with Crippen LogP contribution in [0.15, 0.2) is 0 Å². The van der Waals surface area contributed by atoms with Crippen molar-refractivity contribution in [3.05, 3.63) is 6.26 Å². The van der Waals surface area contributed by atoms with E-state index in [1.807, 2.05) is 0 Å². The van der Waals surface area contributed by atoms with E-state index in [1.165, 1.54) is 0 Å². The van der Waals surface area contributed by atoms with Crippen LogP contribution >= 0.6 is 0 Å². The second-order valence-electron chi connectivity index (χ2n) is 0.333. The first-order valence-electron chi connectivity index (χ1n) is 0.681. The number of rotatable bonds is 0. The first-order valence-corrected chi connectivity index (χ1v) is 2.04. The molecule has 0 bridgehead atoms. The Labute approximate surface area is 54.8 Å². The van der Waals surface area contributed by atoms with E-state index >= 15 is 0 Å². The molecule has 0 unspecified atom stereocenters. The zero-order valence-corrected chi connectivity index (χ0v) is 2.87. The average molecular weight is 103 g/mol. The van der Waals surface area contributed by atoms with Crippen molar-refractivity contribution >= 4 is 40.3 Å². The summed E-state index contributed by atoms with van der Waals surface area (Å²) >= 11 is 0. The summed E-state index contributed by atoms with van der Waals surface area (Å²) in [6, 6.07) is 0. The maximum atomic E-state index is 8.93. The van der Waals surface area contributed by atoms with Gasteiger partial charge in [-0.2, -0.15) is 0 Å². The average Bonchev–Trinajstić information content (AvgIpc) is 0.811. The quantitative estimate of drug-likeness (QED) is 0.307. The summed E-state index contributed by atoms with van der Waals surface area (Å²) < 4.78 is 17.9. The predicted molar refractivity (Wildman–Crippen MR) is 22.8 cm³/mol. The number of thiol groups is 1. The van der Waals surface area contributed by atoms with Gasteiger partial charge in [0, 0.05) is 0 Å². The van der Waals surface area contributed by atoms with Gasteiger partial charge >= 0.3 is 29.6 Å². The third-order valence-electron chi connectivity index (χ3n) is 0.